The van der Waals surface area contributed by atoms with Crippen molar-refractivity contribution in [3.63, 3.8) is 0 Å². The standard InChI is InChI=1S/C22H34N3O/c1-8-22(3,4)16-17(2)18-10-9-11-19(13-12-18)23-20(26-7)21-24(5)14-15-25(21)6/h10-15,17H,8-9,16H2,1-7H3/q+1/b23-20-. The third-order valence-electron chi connectivity index (χ3n) is 5.31. The van der Waals surface area contributed by atoms with Gasteiger partial charge in [-0.05, 0) is 35.8 Å². The van der Waals surface area contributed by atoms with Crippen LogP contribution in [0.4, 0.5) is 0 Å². The van der Waals surface area contributed by atoms with Crippen molar-refractivity contribution in [1.82, 2.24) is 4.57 Å². The van der Waals surface area contributed by atoms with Crippen LogP contribution in [0.15, 0.2) is 53.0 Å². The predicted molar refractivity (Wildman–Crippen MR) is 108 cm³/mol. The van der Waals surface area contributed by atoms with Gasteiger partial charge in [0.1, 0.15) is 12.4 Å². The van der Waals surface area contributed by atoms with E-state index in [9.17, 15) is 0 Å². The topological polar surface area (TPSA) is 30.4 Å². The second kappa shape index (κ2) is 8.52. The van der Waals surface area contributed by atoms with Gasteiger partial charge in [-0.2, -0.15) is 0 Å². The van der Waals surface area contributed by atoms with E-state index in [2.05, 4.69) is 52.0 Å². The first kappa shape index (κ1) is 20.2. The summed E-state index contributed by atoms with van der Waals surface area (Å²) < 4.78 is 9.60. The first-order valence-corrected chi connectivity index (χ1v) is 9.49. The van der Waals surface area contributed by atoms with Gasteiger partial charge in [-0.3, -0.25) is 0 Å². The number of aliphatic imine (C=N–C) groups is 1. The second-order valence-electron chi connectivity index (χ2n) is 7.99. The molecule has 1 unspecified atom stereocenters. The number of imidazole rings is 1. The molecule has 0 spiro atoms. The van der Waals surface area contributed by atoms with E-state index in [0.29, 0.717) is 17.2 Å². The number of allylic oxidation sites excluding steroid dienone is 5. The van der Waals surface area contributed by atoms with Gasteiger partial charge < -0.3 is 4.74 Å². The number of hydrogen-bond acceptors (Lipinski definition) is 2. The molecule has 1 aromatic rings. The van der Waals surface area contributed by atoms with Gasteiger partial charge in [0.15, 0.2) is 0 Å². The minimum absolute atomic E-state index is 0.374. The zero-order valence-corrected chi connectivity index (χ0v) is 17.4. The molecule has 0 saturated carbocycles. The first-order chi connectivity index (χ1) is 12.3. The highest BCUT2D eigenvalue weighted by Crippen LogP contribution is 2.33. The average Bonchev–Trinajstić information content (AvgIpc) is 2.80. The lowest BCUT2D eigenvalue weighted by Crippen LogP contribution is -2.35. The van der Waals surface area contributed by atoms with Crippen LogP contribution in [0.25, 0.3) is 0 Å². The molecule has 0 fully saturated rings. The van der Waals surface area contributed by atoms with Crippen LogP contribution in [-0.4, -0.2) is 17.6 Å². The molecule has 1 aliphatic rings. The van der Waals surface area contributed by atoms with Crippen LogP contribution in [0.1, 0.15) is 52.8 Å². The molecule has 0 aliphatic heterocycles. The normalized spacial score (nSPS) is 16.8. The largest absolute Gasteiger partial charge is 0.475 e. The molecule has 0 radical (unpaired) electrons. The van der Waals surface area contributed by atoms with Crippen molar-refractivity contribution in [2.45, 2.75) is 47.0 Å². The van der Waals surface area contributed by atoms with Crippen molar-refractivity contribution in [1.29, 1.82) is 0 Å². The van der Waals surface area contributed by atoms with Gasteiger partial charge in [0.25, 0.3) is 0 Å². The second-order valence-corrected chi connectivity index (χ2v) is 7.99. The van der Waals surface area contributed by atoms with Crippen molar-refractivity contribution >= 4 is 5.90 Å². The van der Waals surface area contributed by atoms with Crippen LogP contribution in [0, 0.1) is 11.3 Å². The van der Waals surface area contributed by atoms with Crippen molar-refractivity contribution in [2.24, 2.45) is 30.4 Å². The summed E-state index contributed by atoms with van der Waals surface area (Å²) in [6.07, 6.45) is 16.1. The Bertz CT molecular complexity index is 728. The highest BCUT2D eigenvalue weighted by Gasteiger charge is 2.22. The number of hydrogen-bond donors (Lipinski definition) is 0. The summed E-state index contributed by atoms with van der Waals surface area (Å²) in [5.74, 6) is 2.11. The molecule has 142 valence electrons. The van der Waals surface area contributed by atoms with Crippen molar-refractivity contribution in [2.75, 3.05) is 7.11 Å². The summed E-state index contributed by atoms with van der Waals surface area (Å²) in [6, 6.07) is 0. The quantitative estimate of drug-likeness (QED) is 0.420. The fraction of sp³-hybridized carbons (Fsp3) is 0.545. The Kier molecular flexibility index (Phi) is 6.63. The number of ether oxygens (including phenoxy) is 1. The molecule has 26 heavy (non-hydrogen) atoms. The maximum Gasteiger partial charge on any atom is 0.344 e. The highest BCUT2D eigenvalue weighted by molar-refractivity contribution is 5.90. The van der Waals surface area contributed by atoms with Crippen molar-refractivity contribution in [3.05, 3.63) is 53.8 Å². The highest BCUT2D eigenvalue weighted by atomic mass is 16.5. The Morgan fingerprint density at radius 1 is 1.35 bits per heavy atom. The summed E-state index contributed by atoms with van der Waals surface area (Å²) in [5, 5.41) is 0. The van der Waals surface area contributed by atoms with Gasteiger partial charge in [0.05, 0.1) is 26.9 Å². The minimum atomic E-state index is 0.374. The molecule has 2 rings (SSSR count). The summed E-state index contributed by atoms with van der Waals surface area (Å²) in [4.78, 5) is 4.76. The van der Waals surface area contributed by atoms with E-state index in [4.69, 9.17) is 9.73 Å². The molecule has 0 saturated heterocycles. The zero-order valence-electron chi connectivity index (χ0n) is 17.4. The van der Waals surface area contributed by atoms with Crippen LogP contribution < -0.4 is 4.57 Å². The van der Waals surface area contributed by atoms with E-state index >= 15 is 0 Å². The molecule has 1 heterocycles. The average molecular weight is 357 g/mol. The van der Waals surface area contributed by atoms with E-state index in [1.807, 2.05) is 35.6 Å². The molecular formula is C22H34N3O+. The summed E-state index contributed by atoms with van der Waals surface area (Å²) >= 11 is 0. The molecule has 4 heteroatoms. The van der Waals surface area contributed by atoms with Gasteiger partial charge in [0.2, 0.25) is 0 Å². The van der Waals surface area contributed by atoms with E-state index in [1.165, 1.54) is 18.4 Å². The SMILES string of the molecule is CCC(C)(C)CC(C)C1=CCC=C(/N=C(\OC)c2n(C)cc[n+]2C)C=C1. The van der Waals surface area contributed by atoms with Crippen LogP contribution in [0.3, 0.4) is 0 Å². The maximum atomic E-state index is 5.57. The van der Waals surface area contributed by atoms with Crippen molar-refractivity contribution < 1.29 is 9.30 Å². The Labute approximate surface area is 158 Å². The molecule has 0 N–H and O–H groups in total. The van der Waals surface area contributed by atoms with Crippen LogP contribution in [0.2, 0.25) is 0 Å². The van der Waals surface area contributed by atoms with E-state index in [-0.39, 0.29) is 0 Å². The van der Waals surface area contributed by atoms with Gasteiger partial charge in [-0.25, -0.2) is 14.1 Å². The maximum absolute atomic E-state index is 5.57. The summed E-state index contributed by atoms with van der Waals surface area (Å²) in [6.45, 7) is 9.30. The van der Waals surface area contributed by atoms with Crippen molar-refractivity contribution in [3.8, 4) is 0 Å². The summed E-state index contributed by atoms with van der Waals surface area (Å²) in [7, 11) is 5.67. The number of rotatable bonds is 6. The molecule has 4 nitrogen and oxygen atoms in total. The number of methoxy groups -OCH3 is 1. The van der Waals surface area contributed by atoms with Gasteiger partial charge in [-0.1, -0.05) is 52.3 Å². The first-order valence-electron chi connectivity index (χ1n) is 9.49. The third-order valence-corrected chi connectivity index (χ3v) is 5.31. The lowest BCUT2D eigenvalue weighted by atomic mass is 9.78. The van der Waals surface area contributed by atoms with Crippen LogP contribution in [-0.2, 0) is 18.8 Å². The molecule has 1 aromatic heterocycles. The zero-order chi connectivity index (χ0) is 19.3. The fourth-order valence-electron chi connectivity index (χ4n) is 3.37. The van der Waals surface area contributed by atoms with E-state index in [0.717, 1.165) is 17.9 Å². The molecule has 0 aromatic carbocycles. The predicted octanol–water partition coefficient (Wildman–Crippen LogP) is 4.48. The van der Waals surface area contributed by atoms with Crippen LogP contribution >= 0.6 is 0 Å². The number of aryl methyl sites for hydroxylation is 2. The number of nitrogens with zero attached hydrogens (tertiary/aromatic N) is 3. The van der Waals surface area contributed by atoms with Gasteiger partial charge in [0, 0.05) is 0 Å². The minimum Gasteiger partial charge on any atom is -0.475 e. The Morgan fingerprint density at radius 2 is 2.08 bits per heavy atom. The van der Waals surface area contributed by atoms with E-state index in [1.54, 1.807) is 7.11 Å². The third kappa shape index (κ3) is 4.96. The molecular weight excluding hydrogens is 322 g/mol. The fourth-order valence-corrected chi connectivity index (χ4v) is 3.37. The molecule has 1 atom stereocenters. The Balaban J connectivity index is 2.18. The molecule has 0 bridgehead atoms. The van der Waals surface area contributed by atoms with Gasteiger partial charge in [-0.15, -0.1) is 0 Å². The molecule has 1 aliphatic carbocycles. The monoisotopic (exact) mass is 356 g/mol. The lowest BCUT2D eigenvalue weighted by Gasteiger charge is -2.27. The smallest absolute Gasteiger partial charge is 0.344 e. The summed E-state index contributed by atoms with van der Waals surface area (Å²) in [5.41, 5.74) is 2.71. The van der Waals surface area contributed by atoms with Gasteiger partial charge >= 0.3 is 11.7 Å². The van der Waals surface area contributed by atoms with Crippen LogP contribution in [0.5, 0.6) is 0 Å². The Hall–Kier alpha value is -2.10. The van der Waals surface area contributed by atoms with E-state index < -0.39 is 0 Å². The number of aromatic nitrogens is 2. The molecule has 0 amide bonds. The Morgan fingerprint density at radius 3 is 2.65 bits per heavy atom. The lowest BCUT2D eigenvalue weighted by molar-refractivity contribution is -0.672.